The highest BCUT2D eigenvalue weighted by molar-refractivity contribution is 5.46. The first-order valence-electron chi connectivity index (χ1n) is 10.6. The van der Waals surface area contributed by atoms with E-state index in [0.717, 1.165) is 17.8 Å². The zero-order valence-electron chi connectivity index (χ0n) is 17.7. The summed E-state index contributed by atoms with van der Waals surface area (Å²) >= 11 is 0. The molecule has 2 aliphatic rings. The van der Waals surface area contributed by atoms with Crippen molar-refractivity contribution in [2.45, 2.75) is 60.8 Å². The highest BCUT2D eigenvalue weighted by Gasteiger charge is 2.25. The van der Waals surface area contributed by atoms with E-state index >= 15 is 0 Å². The highest BCUT2D eigenvalue weighted by Crippen LogP contribution is 2.25. The van der Waals surface area contributed by atoms with Gasteiger partial charge in [0.15, 0.2) is 0 Å². The Kier molecular flexibility index (Phi) is 10.9. The molecule has 1 aromatic carbocycles. The van der Waals surface area contributed by atoms with Crippen LogP contribution in [0.25, 0.3) is 0 Å². The highest BCUT2D eigenvalue weighted by atomic mass is 15.2. The molecule has 144 valence electrons. The SMILES string of the molecule is CC.CC(C)C.CC1CCN(CC2CCN(c3ccccc3)C2)CC1. The van der Waals surface area contributed by atoms with E-state index in [9.17, 15) is 0 Å². The van der Waals surface area contributed by atoms with Crippen LogP contribution in [0.5, 0.6) is 0 Å². The molecule has 2 saturated heterocycles. The summed E-state index contributed by atoms with van der Waals surface area (Å²) < 4.78 is 0. The first-order chi connectivity index (χ1) is 12.0. The van der Waals surface area contributed by atoms with Crippen LogP contribution in [0.4, 0.5) is 5.69 Å². The minimum absolute atomic E-state index is 0.833. The van der Waals surface area contributed by atoms with Gasteiger partial charge in [0.2, 0.25) is 0 Å². The summed E-state index contributed by atoms with van der Waals surface area (Å²) in [6.45, 7) is 19.3. The maximum absolute atomic E-state index is 2.69. The predicted molar refractivity (Wildman–Crippen MR) is 113 cm³/mol. The molecule has 2 aliphatic heterocycles. The molecule has 0 bridgehead atoms. The molecule has 2 heterocycles. The number of rotatable bonds is 3. The molecule has 0 amide bonds. The van der Waals surface area contributed by atoms with Crippen molar-refractivity contribution in [3.63, 3.8) is 0 Å². The van der Waals surface area contributed by atoms with Gasteiger partial charge in [-0.1, -0.05) is 59.7 Å². The van der Waals surface area contributed by atoms with E-state index in [2.05, 4.69) is 67.8 Å². The molecule has 2 heteroatoms. The molecule has 2 nitrogen and oxygen atoms in total. The van der Waals surface area contributed by atoms with Crippen LogP contribution >= 0.6 is 0 Å². The normalized spacial score (nSPS) is 21.4. The fourth-order valence-corrected chi connectivity index (χ4v) is 3.46. The van der Waals surface area contributed by atoms with E-state index in [1.54, 1.807) is 0 Å². The van der Waals surface area contributed by atoms with Crippen molar-refractivity contribution in [3.05, 3.63) is 30.3 Å². The Bertz CT molecular complexity index is 418. The molecule has 0 spiro atoms. The van der Waals surface area contributed by atoms with Crippen LogP contribution in [0.3, 0.4) is 0 Å². The molecule has 0 aliphatic carbocycles. The number of anilines is 1. The number of para-hydroxylation sites is 1. The summed E-state index contributed by atoms with van der Waals surface area (Å²) in [5.74, 6) is 2.65. The second kappa shape index (κ2) is 12.4. The van der Waals surface area contributed by atoms with Crippen molar-refractivity contribution in [1.29, 1.82) is 0 Å². The summed E-state index contributed by atoms with van der Waals surface area (Å²) in [7, 11) is 0. The molecule has 3 rings (SSSR count). The zero-order chi connectivity index (χ0) is 18.7. The number of likely N-dealkylation sites (tertiary alicyclic amines) is 1. The molecule has 0 saturated carbocycles. The monoisotopic (exact) mass is 346 g/mol. The predicted octanol–water partition coefficient (Wildman–Crippen LogP) is 5.93. The summed E-state index contributed by atoms with van der Waals surface area (Å²) in [5, 5.41) is 0. The lowest BCUT2D eigenvalue weighted by Gasteiger charge is -2.32. The van der Waals surface area contributed by atoms with Gasteiger partial charge in [-0.15, -0.1) is 0 Å². The summed E-state index contributed by atoms with van der Waals surface area (Å²) in [5.41, 5.74) is 1.40. The fraction of sp³-hybridized carbons (Fsp3) is 0.739. The first-order valence-corrected chi connectivity index (χ1v) is 10.6. The van der Waals surface area contributed by atoms with Crippen molar-refractivity contribution < 1.29 is 0 Å². The van der Waals surface area contributed by atoms with E-state index < -0.39 is 0 Å². The van der Waals surface area contributed by atoms with Crippen molar-refractivity contribution in [3.8, 4) is 0 Å². The van der Waals surface area contributed by atoms with Gasteiger partial charge < -0.3 is 9.80 Å². The van der Waals surface area contributed by atoms with E-state index in [1.165, 1.54) is 57.7 Å². The van der Waals surface area contributed by atoms with Crippen LogP contribution in [0.2, 0.25) is 0 Å². The standard InChI is InChI=1S/C17H26N2.C4H10.C2H6/c1-15-7-10-18(11-8-15)13-16-9-12-19(14-16)17-5-3-2-4-6-17;1-4(2)3;1-2/h2-6,15-16H,7-14H2,1H3;4H,1-3H3;1-2H3. The molecular weight excluding hydrogens is 304 g/mol. The molecule has 0 aromatic heterocycles. The molecule has 0 radical (unpaired) electrons. The number of hydrogen-bond acceptors (Lipinski definition) is 2. The summed E-state index contributed by atoms with van der Waals surface area (Å²) in [4.78, 5) is 5.25. The van der Waals surface area contributed by atoms with Gasteiger partial charge in [0.1, 0.15) is 0 Å². The second-order valence-electron chi connectivity index (χ2n) is 8.15. The molecule has 1 atom stereocenters. The van der Waals surface area contributed by atoms with Crippen molar-refractivity contribution in [2.75, 3.05) is 37.6 Å². The van der Waals surface area contributed by atoms with Crippen LogP contribution in [-0.4, -0.2) is 37.6 Å². The maximum Gasteiger partial charge on any atom is 0.0366 e. The Hall–Kier alpha value is -1.02. The number of benzene rings is 1. The fourth-order valence-electron chi connectivity index (χ4n) is 3.46. The molecule has 25 heavy (non-hydrogen) atoms. The van der Waals surface area contributed by atoms with Crippen molar-refractivity contribution >= 4 is 5.69 Å². The summed E-state index contributed by atoms with van der Waals surface area (Å²) in [6.07, 6.45) is 4.16. The van der Waals surface area contributed by atoms with Crippen LogP contribution in [-0.2, 0) is 0 Å². The minimum Gasteiger partial charge on any atom is -0.371 e. The van der Waals surface area contributed by atoms with Gasteiger partial charge in [-0.05, 0) is 62.2 Å². The van der Waals surface area contributed by atoms with Gasteiger partial charge in [0, 0.05) is 25.3 Å². The van der Waals surface area contributed by atoms with Gasteiger partial charge in [0.25, 0.3) is 0 Å². The van der Waals surface area contributed by atoms with E-state index in [0.29, 0.717) is 0 Å². The van der Waals surface area contributed by atoms with E-state index in [-0.39, 0.29) is 0 Å². The lowest BCUT2D eigenvalue weighted by molar-refractivity contribution is 0.171. The second-order valence-corrected chi connectivity index (χ2v) is 8.15. The van der Waals surface area contributed by atoms with E-state index in [4.69, 9.17) is 0 Å². The summed E-state index contributed by atoms with van der Waals surface area (Å²) in [6, 6.07) is 10.9. The zero-order valence-corrected chi connectivity index (χ0v) is 17.7. The van der Waals surface area contributed by atoms with Gasteiger partial charge in [-0.3, -0.25) is 0 Å². The Morgan fingerprint density at radius 3 is 2.04 bits per heavy atom. The van der Waals surface area contributed by atoms with Crippen molar-refractivity contribution in [2.24, 2.45) is 17.8 Å². The van der Waals surface area contributed by atoms with Gasteiger partial charge in [-0.25, -0.2) is 0 Å². The van der Waals surface area contributed by atoms with Gasteiger partial charge in [0.05, 0.1) is 0 Å². The topological polar surface area (TPSA) is 6.48 Å². The Labute approximate surface area is 157 Å². The van der Waals surface area contributed by atoms with Crippen LogP contribution in [0.1, 0.15) is 60.8 Å². The average molecular weight is 347 g/mol. The van der Waals surface area contributed by atoms with Gasteiger partial charge in [-0.2, -0.15) is 0 Å². The molecule has 0 N–H and O–H groups in total. The lowest BCUT2D eigenvalue weighted by Crippen LogP contribution is -2.37. The van der Waals surface area contributed by atoms with Crippen LogP contribution in [0, 0.1) is 17.8 Å². The van der Waals surface area contributed by atoms with Crippen molar-refractivity contribution in [1.82, 2.24) is 4.90 Å². The van der Waals surface area contributed by atoms with Crippen LogP contribution in [0.15, 0.2) is 30.3 Å². The largest absolute Gasteiger partial charge is 0.371 e. The van der Waals surface area contributed by atoms with Gasteiger partial charge >= 0.3 is 0 Å². The molecule has 1 unspecified atom stereocenters. The number of nitrogens with zero attached hydrogens (tertiary/aromatic N) is 2. The molecule has 1 aromatic rings. The first kappa shape index (κ1) is 22.0. The van der Waals surface area contributed by atoms with Crippen LogP contribution < -0.4 is 4.90 Å². The lowest BCUT2D eigenvalue weighted by atomic mass is 9.98. The maximum atomic E-state index is 2.69. The third-order valence-corrected chi connectivity index (χ3v) is 4.80. The number of hydrogen-bond donors (Lipinski definition) is 0. The number of piperidine rings is 1. The Balaban J connectivity index is 0.000000461. The third-order valence-electron chi connectivity index (χ3n) is 4.80. The third kappa shape index (κ3) is 8.76. The van der Waals surface area contributed by atoms with E-state index in [1.807, 2.05) is 13.8 Å². The minimum atomic E-state index is 0.833. The Morgan fingerprint density at radius 1 is 0.920 bits per heavy atom. The molecular formula is C23H42N2. The smallest absolute Gasteiger partial charge is 0.0366 e. The quantitative estimate of drug-likeness (QED) is 0.669. The molecule has 2 fully saturated rings. The Morgan fingerprint density at radius 2 is 1.48 bits per heavy atom. The average Bonchev–Trinajstić information content (AvgIpc) is 3.08.